The molecule has 5 N–H and O–H groups in total. The van der Waals surface area contributed by atoms with Gasteiger partial charge >= 0.3 is 0 Å². The van der Waals surface area contributed by atoms with Gasteiger partial charge in [0.2, 0.25) is 0 Å². The number of nitrogens with zero attached hydrogens (tertiary/aromatic N) is 1. The van der Waals surface area contributed by atoms with Crippen molar-refractivity contribution in [2.75, 3.05) is 14.1 Å². The normalized spacial score (nSPS) is 12.9. The van der Waals surface area contributed by atoms with Gasteiger partial charge in [-0.05, 0) is 12.3 Å². The number of nitrogens with two attached hydrogens (primary N) is 2. The molecule has 4 nitrogen and oxygen atoms in total. The first-order valence-electron chi connectivity index (χ1n) is 4.19. The van der Waals surface area contributed by atoms with E-state index in [0.29, 0.717) is 11.5 Å². The van der Waals surface area contributed by atoms with Crippen molar-refractivity contribution in [3.8, 4) is 0 Å². The van der Waals surface area contributed by atoms with Crippen LogP contribution in [0, 0.1) is 0 Å². The van der Waals surface area contributed by atoms with E-state index in [-0.39, 0.29) is 0 Å². The first-order chi connectivity index (χ1) is 6.58. The summed E-state index contributed by atoms with van der Waals surface area (Å²) in [4.78, 5) is 1.64. The molecule has 0 aliphatic carbocycles. The molecule has 0 unspecified atom stereocenters. The maximum absolute atomic E-state index is 5.82. The Hall–Kier alpha value is -1.84. The predicted molar refractivity (Wildman–Crippen MR) is 60.7 cm³/mol. The van der Waals surface area contributed by atoms with Gasteiger partial charge in [0.25, 0.3) is 0 Å². The van der Waals surface area contributed by atoms with Crippen LogP contribution in [0.5, 0.6) is 0 Å². The minimum absolute atomic E-state index is 0.447. The molecule has 0 bridgehead atoms. The highest BCUT2D eigenvalue weighted by molar-refractivity contribution is 5.32. The van der Waals surface area contributed by atoms with Crippen molar-refractivity contribution in [1.29, 1.82) is 0 Å². The van der Waals surface area contributed by atoms with Gasteiger partial charge in [0, 0.05) is 14.1 Å². The van der Waals surface area contributed by atoms with E-state index in [4.69, 9.17) is 11.5 Å². The Morgan fingerprint density at radius 2 is 1.93 bits per heavy atom. The van der Waals surface area contributed by atoms with Crippen molar-refractivity contribution in [2.24, 2.45) is 11.5 Å². The largest absolute Gasteiger partial charge is 0.394 e. The lowest BCUT2D eigenvalue weighted by Crippen LogP contribution is -2.26. The van der Waals surface area contributed by atoms with E-state index in [1.165, 1.54) is 0 Å². The molecule has 0 heterocycles. The quantitative estimate of drug-likeness (QED) is 0.555. The van der Waals surface area contributed by atoms with Gasteiger partial charge < -0.3 is 21.7 Å². The van der Waals surface area contributed by atoms with Crippen LogP contribution < -0.4 is 16.8 Å². The zero-order valence-corrected chi connectivity index (χ0v) is 8.75. The summed E-state index contributed by atoms with van der Waals surface area (Å²) >= 11 is 0. The molecule has 14 heavy (non-hydrogen) atoms. The summed E-state index contributed by atoms with van der Waals surface area (Å²) in [5.74, 6) is 0.447. The van der Waals surface area contributed by atoms with Gasteiger partial charge in [-0.15, -0.1) is 0 Å². The summed E-state index contributed by atoms with van der Waals surface area (Å²) < 4.78 is 0. The molecule has 0 aromatic carbocycles. The highest BCUT2D eigenvalue weighted by Gasteiger charge is 2.05. The molecule has 0 rings (SSSR count). The van der Waals surface area contributed by atoms with Crippen LogP contribution in [0.2, 0.25) is 0 Å². The molecular weight excluding hydrogens is 176 g/mol. The third-order valence-electron chi connectivity index (χ3n) is 1.77. The lowest BCUT2D eigenvalue weighted by Gasteiger charge is -2.17. The van der Waals surface area contributed by atoms with Gasteiger partial charge in [-0.25, -0.2) is 0 Å². The molecule has 0 saturated heterocycles. The van der Waals surface area contributed by atoms with Crippen LogP contribution >= 0.6 is 0 Å². The third-order valence-corrected chi connectivity index (χ3v) is 1.77. The van der Waals surface area contributed by atoms with Crippen LogP contribution in [0.3, 0.4) is 0 Å². The zero-order chi connectivity index (χ0) is 11.1. The van der Waals surface area contributed by atoms with Crippen LogP contribution in [0.4, 0.5) is 0 Å². The lowest BCUT2D eigenvalue weighted by molar-refractivity contribution is 0.553. The molecule has 0 spiro atoms. The van der Waals surface area contributed by atoms with Crippen LogP contribution in [0.15, 0.2) is 48.7 Å². The van der Waals surface area contributed by atoms with Gasteiger partial charge in [0.05, 0.1) is 11.4 Å². The Bertz CT molecular complexity index is 276. The average molecular weight is 194 g/mol. The summed E-state index contributed by atoms with van der Waals surface area (Å²) in [6.07, 6.45) is 4.97. The van der Waals surface area contributed by atoms with Crippen LogP contribution in [-0.2, 0) is 0 Å². The highest BCUT2D eigenvalue weighted by Crippen LogP contribution is 2.05. The van der Waals surface area contributed by atoms with Crippen LogP contribution in [-0.4, -0.2) is 19.0 Å². The third kappa shape index (κ3) is 2.90. The summed E-state index contributed by atoms with van der Waals surface area (Å²) in [6.45, 7) is 7.18. The molecule has 0 aliphatic rings. The van der Waals surface area contributed by atoms with E-state index in [2.05, 4.69) is 18.5 Å². The Morgan fingerprint density at radius 3 is 2.29 bits per heavy atom. The van der Waals surface area contributed by atoms with Gasteiger partial charge in [0.1, 0.15) is 5.82 Å². The molecule has 78 valence electrons. The average Bonchev–Trinajstić information content (AvgIpc) is 2.22. The Balaban J connectivity index is 5.04. The Morgan fingerprint density at radius 1 is 1.36 bits per heavy atom. The first-order valence-corrected chi connectivity index (χ1v) is 4.19. The number of hydrogen-bond acceptors (Lipinski definition) is 4. The van der Waals surface area contributed by atoms with Crippen LogP contribution in [0.25, 0.3) is 0 Å². The molecule has 4 heteroatoms. The fraction of sp³-hybridized carbons (Fsp3) is 0.200. The first kappa shape index (κ1) is 12.2. The second-order valence-corrected chi connectivity index (χ2v) is 2.66. The molecule has 0 aromatic heterocycles. The number of rotatable bonds is 5. The molecule has 0 atom stereocenters. The second kappa shape index (κ2) is 5.75. The van der Waals surface area contributed by atoms with E-state index in [1.807, 2.05) is 0 Å². The fourth-order valence-electron chi connectivity index (χ4n) is 0.852. The number of likely N-dealkylation sites (N-methyl/N-ethyl adjacent to an activating group) is 1. The van der Waals surface area contributed by atoms with Gasteiger partial charge in [0.15, 0.2) is 0 Å². The van der Waals surface area contributed by atoms with Gasteiger partial charge in [-0.1, -0.05) is 19.2 Å². The maximum Gasteiger partial charge on any atom is 0.128 e. The topological polar surface area (TPSA) is 67.3 Å². The molecular formula is C10H18N4. The van der Waals surface area contributed by atoms with Crippen molar-refractivity contribution < 1.29 is 0 Å². The summed E-state index contributed by atoms with van der Waals surface area (Å²) in [6, 6.07) is 0. The highest BCUT2D eigenvalue weighted by atomic mass is 15.2. The predicted octanol–water partition coefficient (Wildman–Crippen LogP) is 0.438. The zero-order valence-electron chi connectivity index (χ0n) is 8.75. The maximum atomic E-state index is 5.82. The molecule has 0 saturated carbocycles. The van der Waals surface area contributed by atoms with Gasteiger partial charge in [-0.3, -0.25) is 0 Å². The minimum Gasteiger partial charge on any atom is -0.394 e. The van der Waals surface area contributed by atoms with Crippen molar-refractivity contribution in [2.45, 2.75) is 0 Å². The van der Waals surface area contributed by atoms with E-state index in [0.717, 1.165) is 5.70 Å². The van der Waals surface area contributed by atoms with Crippen LogP contribution in [0.1, 0.15) is 0 Å². The van der Waals surface area contributed by atoms with Gasteiger partial charge in [-0.2, -0.15) is 0 Å². The SMILES string of the molecule is C=C/C=C(NC)\C(N)=C(/N)N(C)C=C. The lowest BCUT2D eigenvalue weighted by atomic mass is 10.3. The van der Waals surface area contributed by atoms with E-state index >= 15 is 0 Å². The van der Waals surface area contributed by atoms with E-state index in [9.17, 15) is 0 Å². The molecule has 0 aliphatic heterocycles. The molecule has 0 aromatic rings. The molecule has 0 fully saturated rings. The monoisotopic (exact) mass is 194 g/mol. The summed E-state index contributed by atoms with van der Waals surface area (Å²) in [5.41, 5.74) is 12.8. The fourth-order valence-corrected chi connectivity index (χ4v) is 0.852. The summed E-state index contributed by atoms with van der Waals surface area (Å²) in [5, 5.41) is 2.93. The van der Waals surface area contributed by atoms with E-state index in [1.54, 1.807) is 37.3 Å². The van der Waals surface area contributed by atoms with Crippen molar-refractivity contribution >= 4 is 0 Å². The number of allylic oxidation sites excluding steroid dienone is 2. The minimum atomic E-state index is 0.447. The molecule has 0 amide bonds. The standard InChI is InChI=1S/C10H18N4/c1-5-7-8(13-3)9(11)10(12)14(4)6-2/h5-7,13H,1-2,11-12H2,3-4H3/b8-7+,10-9-. The number of hydrogen-bond donors (Lipinski definition) is 3. The molecule has 0 radical (unpaired) electrons. The van der Waals surface area contributed by atoms with Crippen molar-refractivity contribution in [3.05, 3.63) is 48.7 Å². The Labute approximate surface area is 85.3 Å². The van der Waals surface area contributed by atoms with Crippen molar-refractivity contribution in [3.63, 3.8) is 0 Å². The summed E-state index contributed by atoms with van der Waals surface area (Å²) in [7, 11) is 3.54. The van der Waals surface area contributed by atoms with E-state index < -0.39 is 0 Å². The Kier molecular flexibility index (Phi) is 4.99. The van der Waals surface area contributed by atoms with Crippen molar-refractivity contribution in [1.82, 2.24) is 10.2 Å². The second-order valence-electron chi connectivity index (χ2n) is 2.66. The smallest absolute Gasteiger partial charge is 0.128 e. The number of nitrogens with one attached hydrogen (secondary N) is 1.